The fraction of sp³-hybridized carbons (Fsp3) is 0.533. The summed E-state index contributed by atoms with van der Waals surface area (Å²) in [5.41, 5.74) is 0.703. The molecule has 1 aromatic carbocycles. The molecule has 112 valence electrons. The number of ether oxygens (including phenoxy) is 1. The van der Waals surface area contributed by atoms with Gasteiger partial charge in [-0.15, -0.1) is 0 Å². The number of benzene rings is 1. The molecule has 1 aliphatic heterocycles. The van der Waals surface area contributed by atoms with Gasteiger partial charge in [0.1, 0.15) is 5.69 Å². The minimum absolute atomic E-state index is 0.0540. The van der Waals surface area contributed by atoms with Crippen molar-refractivity contribution in [3.8, 4) is 6.07 Å². The van der Waals surface area contributed by atoms with E-state index in [9.17, 15) is 10.1 Å². The first-order valence-electron chi connectivity index (χ1n) is 7.08. The lowest BCUT2D eigenvalue weighted by molar-refractivity contribution is -0.384. The van der Waals surface area contributed by atoms with Crippen LogP contribution in [0.4, 0.5) is 11.4 Å². The summed E-state index contributed by atoms with van der Waals surface area (Å²) < 4.78 is 5.70. The molecule has 2 atom stereocenters. The number of nitro benzene ring substituents is 1. The van der Waals surface area contributed by atoms with Gasteiger partial charge in [-0.3, -0.25) is 10.1 Å². The zero-order chi connectivity index (χ0) is 15.4. The van der Waals surface area contributed by atoms with Crippen molar-refractivity contribution < 1.29 is 9.66 Å². The van der Waals surface area contributed by atoms with Gasteiger partial charge in [0.15, 0.2) is 0 Å². The Morgan fingerprint density at radius 1 is 1.52 bits per heavy atom. The molecule has 1 N–H and O–H groups in total. The topological polar surface area (TPSA) is 88.2 Å². The quantitative estimate of drug-likeness (QED) is 0.679. The number of anilines is 1. The number of rotatable bonds is 4. The molecule has 0 radical (unpaired) electrons. The molecule has 0 aromatic heterocycles. The van der Waals surface area contributed by atoms with Crippen LogP contribution in [0, 0.1) is 27.4 Å². The van der Waals surface area contributed by atoms with Crippen LogP contribution in [-0.2, 0) is 4.74 Å². The summed E-state index contributed by atoms with van der Waals surface area (Å²) in [7, 11) is 0. The molecule has 0 saturated carbocycles. The molecule has 1 saturated heterocycles. The van der Waals surface area contributed by atoms with Crippen LogP contribution >= 0.6 is 0 Å². The van der Waals surface area contributed by atoms with Crippen LogP contribution in [0.3, 0.4) is 0 Å². The third kappa shape index (κ3) is 3.70. The Morgan fingerprint density at radius 3 is 2.90 bits per heavy atom. The number of nitrogens with zero attached hydrogens (tertiary/aromatic N) is 2. The smallest absolute Gasteiger partial charge is 0.293 e. The van der Waals surface area contributed by atoms with E-state index < -0.39 is 4.92 Å². The summed E-state index contributed by atoms with van der Waals surface area (Å²) in [6.07, 6.45) is 1.82. The van der Waals surface area contributed by atoms with E-state index in [4.69, 9.17) is 10.00 Å². The van der Waals surface area contributed by atoms with Gasteiger partial charge in [0.25, 0.3) is 5.69 Å². The zero-order valence-electron chi connectivity index (χ0n) is 12.2. The van der Waals surface area contributed by atoms with Gasteiger partial charge >= 0.3 is 0 Å². The Kier molecular flexibility index (Phi) is 4.76. The molecular formula is C15H19N3O3. The molecule has 2 unspecified atom stereocenters. The Morgan fingerprint density at radius 2 is 2.29 bits per heavy atom. The van der Waals surface area contributed by atoms with E-state index in [0.717, 1.165) is 12.8 Å². The average molecular weight is 289 g/mol. The number of nitrogens with one attached hydrogen (secondary N) is 1. The predicted octanol–water partition coefficient (Wildman–Crippen LogP) is 3.08. The molecule has 2 rings (SSSR count). The van der Waals surface area contributed by atoms with Crippen LogP contribution in [0.25, 0.3) is 0 Å². The van der Waals surface area contributed by atoms with Crippen molar-refractivity contribution in [2.45, 2.75) is 38.8 Å². The standard InChI is InChI=1S/C15H19N3O3/c1-10(2)15-8-12(5-6-21-15)17-13-4-3-11(9-16)7-14(13)18(19)20/h3-4,7,10,12,15,17H,5-6,8H2,1-2H3. The van der Waals surface area contributed by atoms with Gasteiger partial charge in [-0.1, -0.05) is 13.8 Å². The molecule has 6 nitrogen and oxygen atoms in total. The van der Waals surface area contributed by atoms with Crippen molar-refractivity contribution in [3.63, 3.8) is 0 Å². The first kappa shape index (κ1) is 15.3. The summed E-state index contributed by atoms with van der Waals surface area (Å²) in [6, 6.07) is 6.58. The van der Waals surface area contributed by atoms with E-state index in [1.807, 2.05) is 6.07 Å². The molecule has 6 heteroatoms. The Hall–Kier alpha value is -2.13. The molecule has 21 heavy (non-hydrogen) atoms. The summed E-state index contributed by atoms with van der Waals surface area (Å²) in [5.74, 6) is 0.422. The third-order valence-corrected chi connectivity index (χ3v) is 3.74. The summed E-state index contributed by atoms with van der Waals surface area (Å²) in [5, 5.41) is 23.2. The average Bonchev–Trinajstić information content (AvgIpc) is 2.47. The molecular weight excluding hydrogens is 270 g/mol. The minimum atomic E-state index is -0.456. The van der Waals surface area contributed by atoms with E-state index >= 15 is 0 Å². The highest BCUT2D eigenvalue weighted by Gasteiger charge is 2.26. The number of nitro groups is 1. The monoisotopic (exact) mass is 289 g/mol. The van der Waals surface area contributed by atoms with Crippen LogP contribution in [0.2, 0.25) is 0 Å². The summed E-state index contributed by atoms with van der Waals surface area (Å²) in [4.78, 5) is 10.7. The van der Waals surface area contributed by atoms with Gasteiger partial charge in [-0.25, -0.2) is 0 Å². The first-order valence-corrected chi connectivity index (χ1v) is 7.08. The van der Waals surface area contributed by atoms with Crippen molar-refractivity contribution >= 4 is 11.4 Å². The molecule has 0 aliphatic carbocycles. The lowest BCUT2D eigenvalue weighted by Crippen LogP contribution is -2.36. The molecule has 0 amide bonds. The van der Waals surface area contributed by atoms with E-state index in [2.05, 4.69) is 19.2 Å². The second-order valence-corrected chi connectivity index (χ2v) is 5.62. The summed E-state index contributed by atoms with van der Waals surface area (Å²) in [6.45, 7) is 4.87. The maximum Gasteiger partial charge on any atom is 0.293 e. The highest BCUT2D eigenvalue weighted by Crippen LogP contribution is 2.29. The van der Waals surface area contributed by atoms with E-state index in [1.165, 1.54) is 6.07 Å². The Bertz CT molecular complexity index is 566. The normalized spacial score (nSPS) is 21.8. The maximum absolute atomic E-state index is 11.1. The first-order chi connectivity index (χ1) is 10.0. The number of hydrogen-bond donors (Lipinski definition) is 1. The van der Waals surface area contributed by atoms with Crippen molar-refractivity contribution in [1.29, 1.82) is 5.26 Å². The predicted molar refractivity (Wildman–Crippen MR) is 79.0 cm³/mol. The van der Waals surface area contributed by atoms with Crippen LogP contribution in [0.5, 0.6) is 0 Å². The lowest BCUT2D eigenvalue weighted by Gasteiger charge is -2.32. The zero-order valence-corrected chi connectivity index (χ0v) is 12.2. The molecule has 0 spiro atoms. The van der Waals surface area contributed by atoms with Gasteiger partial charge in [0, 0.05) is 18.7 Å². The largest absolute Gasteiger partial charge is 0.378 e. The fourth-order valence-corrected chi connectivity index (χ4v) is 2.52. The second kappa shape index (κ2) is 6.55. The van der Waals surface area contributed by atoms with Crippen LogP contribution in [0.1, 0.15) is 32.3 Å². The van der Waals surface area contributed by atoms with Crippen LogP contribution < -0.4 is 5.32 Å². The number of hydrogen-bond acceptors (Lipinski definition) is 5. The molecule has 1 aliphatic rings. The lowest BCUT2D eigenvalue weighted by atomic mass is 9.95. The Labute approximate surface area is 123 Å². The van der Waals surface area contributed by atoms with Gasteiger partial charge in [0.05, 0.1) is 22.7 Å². The van der Waals surface area contributed by atoms with Gasteiger partial charge in [-0.05, 0) is 30.9 Å². The van der Waals surface area contributed by atoms with Crippen LogP contribution in [-0.4, -0.2) is 23.7 Å². The Balaban J connectivity index is 2.15. The second-order valence-electron chi connectivity index (χ2n) is 5.62. The molecule has 1 fully saturated rings. The molecule has 0 bridgehead atoms. The SMILES string of the molecule is CC(C)C1CC(Nc2ccc(C#N)cc2[N+](=O)[O-])CCO1. The van der Waals surface area contributed by atoms with E-state index in [-0.39, 0.29) is 17.8 Å². The fourth-order valence-electron chi connectivity index (χ4n) is 2.52. The van der Waals surface area contributed by atoms with Crippen LogP contribution in [0.15, 0.2) is 18.2 Å². The van der Waals surface area contributed by atoms with Gasteiger partial charge in [0.2, 0.25) is 0 Å². The van der Waals surface area contributed by atoms with E-state index in [1.54, 1.807) is 12.1 Å². The van der Waals surface area contributed by atoms with Gasteiger partial charge < -0.3 is 10.1 Å². The molecule has 1 aromatic rings. The maximum atomic E-state index is 11.1. The third-order valence-electron chi connectivity index (χ3n) is 3.74. The molecule has 1 heterocycles. The van der Waals surface area contributed by atoms with Crippen molar-refractivity contribution in [2.24, 2.45) is 5.92 Å². The van der Waals surface area contributed by atoms with Crippen molar-refractivity contribution in [3.05, 3.63) is 33.9 Å². The van der Waals surface area contributed by atoms with Crippen molar-refractivity contribution in [1.82, 2.24) is 0 Å². The minimum Gasteiger partial charge on any atom is -0.378 e. The van der Waals surface area contributed by atoms with Gasteiger partial charge in [-0.2, -0.15) is 5.26 Å². The number of nitriles is 1. The highest BCUT2D eigenvalue weighted by molar-refractivity contribution is 5.64. The highest BCUT2D eigenvalue weighted by atomic mass is 16.6. The van der Waals surface area contributed by atoms with Crippen molar-refractivity contribution in [2.75, 3.05) is 11.9 Å². The van der Waals surface area contributed by atoms with E-state index in [0.29, 0.717) is 23.8 Å². The summed E-state index contributed by atoms with van der Waals surface area (Å²) >= 11 is 0.